The molecular formula is C12H13FO. The number of benzene rings is 1. The first kappa shape index (κ1) is 9.38. The molecule has 2 rings (SSSR count). The van der Waals surface area contributed by atoms with Crippen molar-refractivity contribution < 1.29 is 9.18 Å². The third-order valence-electron chi connectivity index (χ3n) is 3.12. The predicted octanol–water partition coefficient (Wildman–Crippen LogP) is 2.96. The molecule has 0 saturated heterocycles. The number of carbonyl (C=O) groups excluding carboxylic acids is 1. The van der Waals surface area contributed by atoms with Gasteiger partial charge in [0.25, 0.3) is 0 Å². The number of hydrogen-bond donors (Lipinski definition) is 0. The van der Waals surface area contributed by atoms with Crippen LogP contribution in [0, 0.1) is 5.92 Å². The lowest BCUT2D eigenvalue weighted by molar-refractivity contribution is 0.112. The van der Waals surface area contributed by atoms with Crippen LogP contribution in [0.15, 0.2) is 24.3 Å². The van der Waals surface area contributed by atoms with Crippen LogP contribution in [0.1, 0.15) is 34.7 Å². The van der Waals surface area contributed by atoms with Crippen LogP contribution in [-0.4, -0.2) is 13.0 Å². The van der Waals surface area contributed by atoms with Crippen LogP contribution >= 0.6 is 0 Å². The lowest BCUT2D eigenvalue weighted by Gasteiger charge is -2.35. The van der Waals surface area contributed by atoms with Crippen LogP contribution in [0.2, 0.25) is 0 Å². The van der Waals surface area contributed by atoms with E-state index < -0.39 is 0 Å². The molecule has 2 atom stereocenters. The second-order valence-corrected chi connectivity index (χ2v) is 3.88. The second-order valence-electron chi connectivity index (χ2n) is 3.88. The highest BCUT2D eigenvalue weighted by atomic mass is 19.1. The van der Waals surface area contributed by atoms with Gasteiger partial charge in [-0.25, -0.2) is 0 Å². The van der Waals surface area contributed by atoms with Crippen molar-refractivity contribution in [2.75, 3.05) is 6.67 Å². The van der Waals surface area contributed by atoms with Crippen molar-refractivity contribution in [1.82, 2.24) is 0 Å². The lowest BCUT2D eigenvalue weighted by Crippen LogP contribution is -2.25. The molecule has 0 heterocycles. The fraction of sp³-hybridized carbons (Fsp3) is 0.417. The van der Waals surface area contributed by atoms with Gasteiger partial charge in [-0.05, 0) is 30.2 Å². The summed E-state index contributed by atoms with van der Waals surface area (Å²) < 4.78 is 12.5. The van der Waals surface area contributed by atoms with Crippen LogP contribution in [0.5, 0.6) is 0 Å². The van der Waals surface area contributed by atoms with E-state index in [9.17, 15) is 9.18 Å². The quantitative estimate of drug-likeness (QED) is 0.673. The van der Waals surface area contributed by atoms with Crippen molar-refractivity contribution in [1.29, 1.82) is 0 Å². The average Bonchev–Trinajstić information content (AvgIpc) is 2.18. The Hall–Kier alpha value is -1.18. The standard InChI is InChI=1S/C12H13FO/c13-7-11-5-6-12(11)10-3-1-9(8-14)2-4-10/h1-4,8,11-12H,5-7H2. The zero-order chi connectivity index (χ0) is 9.97. The van der Waals surface area contributed by atoms with E-state index >= 15 is 0 Å². The minimum Gasteiger partial charge on any atom is -0.298 e. The van der Waals surface area contributed by atoms with Crippen molar-refractivity contribution in [3.63, 3.8) is 0 Å². The highest BCUT2D eigenvalue weighted by molar-refractivity contribution is 5.74. The smallest absolute Gasteiger partial charge is 0.150 e. The first-order valence-electron chi connectivity index (χ1n) is 4.96. The molecule has 74 valence electrons. The van der Waals surface area contributed by atoms with Crippen LogP contribution in [0.4, 0.5) is 4.39 Å². The molecule has 1 saturated carbocycles. The average molecular weight is 192 g/mol. The molecule has 0 aliphatic heterocycles. The van der Waals surface area contributed by atoms with Gasteiger partial charge in [0, 0.05) is 5.56 Å². The molecule has 0 amide bonds. The minimum absolute atomic E-state index is 0.206. The van der Waals surface area contributed by atoms with Gasteiger partial charge >= 0.3 is 0 Å². The SMILES string of the molecule is O=Cc1ccc(C2CCC2CF)cc1. The number of hydrogen-bond acceptors (Lipinski definition) is 1. The molecule has 2 unspecified atom stereocenters. The van der Waals surface area contributed by atoms with E-state index in [1.54, 1.807) is 12.1 Å². The molecule has 0 bridgehead atoms. The number of carbonyl (C=O) groups is 1. The van der Waals surface area contributed by atoms with Crippen LogP contribution < -0.4 is 0 Å². The topological polar surface area (TPSA) is 17.1 Å². The van der Waals surface area contributed by atoms with Crippen LogP contribution in [0.3, 0.4) is 0 Å². The summed E-state index contributed by atoms with van der Waals surface area (Å²) in [6.45, 7) is -0.222. The van der Waals surface area contributed by atoms with Gasteiger partial charge in [0.05, 0.1) is 6.67 Å². The Labute approximate surface area is 82.9 Å². The molecule has 0 radical (unpaired) electrons. The monoisotopic (exact) mass is 192 g/mol. The Kier molecular flexibility index (Phi) is 2.62. The molecule has 1 aromatic carbocycles. The Morgan fingerprint density at radius 1 is 1.29 bits per heavy atom. The van der Waals surface area contributed by atoms with Gasteiger partial charge in [-0.15, -0.1) is 0 Å². The second kappa shape index (κ2) is 3.91. The fourth-order valence-corrected chi connectivity index (χ4v) is 2.01. The van der Waals surface area contributed by atoms with Gasteiger partial charge in [0.2, 0.25) is 0 Å². The molecule has 0 aromatic heterocycles. The van der Waals surface area contributed by atoms with E-state index in [4.69, 9.17) is 0 Å². The summed E-state index contributed by atoms with van der Waals surface area (Å²) >= 11 is 0. The van der Waals surface area contributed by atoms with Crippen molar-refractivity contribution >= 4 is 6.29 Å². The predicted molar refractivity (Wildman–Crippen MR) is 53.3 cm³/mol. The molecule has 1 aliphatic rings. The molecule has 1 fully saturated rings. The molecule has 2 heteroatoms. The van der Waals surface area contributed by atoms with E-state index in [2.05, 4.69) is 0 Å². The Bertz CT molecular complexity index is 316. The maximum Gasteiger partial charge on any atom is 0.150 e. The van der Waals surface area contributed by atoms with E-state index in [-0.39, 0.29) is 12.6 Å². The fourth-order valence-electron chi connectivity index (χ4n) is 2.01. The molecule has 14 heavy (non-hydrogen) atoms. The number of alkyl halides is 1. The Morgan fingerprint density at radius 2 is 2.00 bits per heavy atom. The lowest BCUT2D eigenvalue weighted by atomic mass is 9.70. The molecule has 1 nitrogen and oxygen atoms in total. The summed E-state index contributed by atoms with van der Waals surface area (Å²) in [5, 5.41) is 0. The van der Waals surface area contributed by atoms with E-state index in [1.165, 1.54) is 5.56 Å². The van der Waals surface area contributed by atoms with Gasteiger partial charge < -0.3 is 0 Å². The molecular weight excluding hydrogens is 179 g/mol. The summed E-state index contributed by atoms with van der Waals surface area (Å²) in [7, 11) is 0. The zero-order valence-electron chi connectivity index (χ0n) is 7.95. The summed E-state index contributed by atoms with van der Waals surface area (Å²) in [6.07, 6.45) is 2.91. The maximum absolute atomic E-state index is 12.5. The van der Waals surface area contributed by atoms with Crippen molar-refractivity contribution in [2.24, 2.45) is 5.92 Å². The summed E-state index contributed by atoms with van der Waals surface area (Å²) in [5.41, 5.74) is 1.86. The number of rotatable bonds is 3. The minimum atomic E-state index is -0.222. The number of aldehydes is 1. The van der Waals surface area contributed by atoms with Crippen molar-refractivity contribution in [3.8, 4) is 0 Å². The zero-order valence-corrected chi connectivity index (χ0v) is 7.95. The molecule has 0 spiro atoms. The summed E-state index contributed by atoms with van der Waals surface area (Å²) in [6, 6.07) is 7.48. The van der Waals surface area contributed by atoms with E-state index in [1.807, 2.05) is 12.1 Å². The van der Waals surface area contributed by atoms with E-state index in [0.717, 1.165) is 19.1 Å². The van der Waals surface area contributed by atoms with Gasteiger partial charge in [-0.2, -0.15) is 0 Å². The maximum atomic E-state index is 12.5. The van der Waals surface area contributed by atoms with Crippen LogP contribution in [-0.2, 0) is 0 Å². The Morgan fingerprint density at radius 3 is 2.43 bits per heavy atom. The van der Waals surface area contributed by atoms with Gasteiger partial charge in [0.15, 0.2) is 0 Å². The van der Waals surface area contributed by atoms with E-state index in [0.29, 0.717) is 11.5 Å². The first-order valence-corrected chi connectivity index (χ1v) is 4.96. The van der Waals surface area contributed by atoms with Crippen molar-refractivity contribution in [2.45, 2.75) is 18.8 Å². The number of halogens is 1. The molecule has 1 aliphatic carbocycles. The normalized spacial score (nSPS) is 25.5. The third-order valence-corrected chi connectivity index (χ3v) is 3.12. The van der Waals surface area contributed by atoms with Gasteiger partial charge in [-0.3, -0.25) is 9.18 Å². The van der Waals surface area contributed by atoms with Gasteiger partial charge in [-0.1, -0.05) is 24.3 Å². The van der Waals surface area contributed by atoms with Gasteiger partial charge in [0.1, 0.15) is 6.29 Å². The third kappa shape index (κ3) is 1.57. The molecule has 0 N–H and O–H groups in total. The first-order chi connectivity index (χ1) is 6.85. The van der Waals surface area contributed by atoms with Crippen LogP contribution in [0.25, 0.3) is 0 Å². The Balaban J connectivity index is 2.13. The summed E-state index contributed by atoms with van der Waals surface area (Å²) in [5.74, 6) is 0.581. The largest absolute Gasteiger partial charge is 0.298 e. The molecule has 1 aromatic rings. The van der Waals surface area contributed by atoms with Crippen molar-refractivity contribution in [3.05, 3.63) is 35.4 Å². The summed E-state index contributed by atoms with van der Waals surface area (Å²) in [4.78, 5) is 10.4. The highest BCUT2D eigenvalue weighted by Crippen LogP contribution is 2.42. The highest BCUT2D eigenvalue weighted by Gasteiger charge is 2.31.